The molecule has 0 bridgehead atoms. The van der Waals surface area contributed by atoms with Crippen LogP contribution in [0.1, 0.15) is 28.2 Å². The lowest BCUT2D eigenvalue weighted by Gasteiger charge is -2.27. The summed E-state index contributed by atoms with van der Waals surface area (Å²) in [6, 6.07) is 20.6. The lowest BCUT2D eigenvalue weighted by atomic mass is 10.1. The van der Waals surface area contributed by atoms with Gasteiger partial charge in [0.15, 0.2) is 5.11 Å². The summed E-state index contributed by atoms with van der Waals surface area (Å²) in [5, 5.41) is 27.1. The first-order valence-corrected chi connectivity index (χ1v) is 13.9. The fourth-order valence-corrected chi connectivity index (χ4v) is 4.69. The van der Waals surface area contributed by atoms with Gasteiger partial charge in [0.05, 0.1) is 33.0 Å². The largest absolute Gasteiger partial charge is 0.354 e. The van der Waals surface area contributed by atoms with E-state index in [9.17, 15) is 14.9 Å². The molecule has 4 rings (SSSR count). The fourth-order valence-electron chi connectivity index (χ4n) is 4.04. The Morgan fingerprint density at radius 2 is 1.86 bits per heavy atom. The molecule has 0 radical (unpaired) electrons. The molecule has 0 fully saturated rings. The third kappa shape index (κ3) is 8.50. The molecule has 42 heavy (non-hydrogen) atoms. The number of nitriles is 1. The van der Waals surface area contributed by atoms with Crippen LogP contribution in [0, 0.1) is 21.4 Å². The minimum Gasteiger partial charge on any atom is -0.354 e. The van der Waals surface area contributed by atoms with E-state index < -0.39 is 4.92 Å². The van der Waals surface area contributed by atoms with Crippen molar-refractivity contribution in [1.29, 1.82) is 5.26 Å². The van der Waals surface area contributed by atoms with Crippen molar-refractivity contribution in [3.8, 4) is 6.07 Å². The summed E-state index contributed by atoms with van der Waals surface area (Å²) in [6.07, 6.45) is 2.30. The fraction of sp³-hybridized carbons (Fsp3) is 0.172. The molecule has 0 aliphatic rings. The maximum atomic E-state index is 12.7. The predicted octanol–water partition coefficient (Wildman–Crippen LogP) is 5.65. The quantitative estimate of drug-likeness (QED) is 0.111. The molecule has 0 spiro atoms. The van der Waals surface area contributed by atoms with Gasteiger partial charge >= 0.3 is 0 Å². The van der Waals surface area contributed by atoms with E-state index in [1.54, 1.807) is 42.6 Å². The number of anilines is 1. The summed E-state index contributed by atoms with van der Waals surface area (Å²) >= 11 is 18.2. The number of non-ortho nitro benzene ring substituents is 1. The average Bonchev–Trinajstić information content (AvgIpc) is 3.41. The number of nitrogens with one attached hydrogen (secondary N) is 3. The minimum atomic E-state index is -0.475. The van der Waals surface area contributed by atoms with Crippen molar-refractivity contribution in [3.05, 3.63) is 121 Å². The van der Waals surface area contributed by atoms with Crippen LogP contribution in [0.5, 0.6) is 0 Å². The summed E-state index contributed by atoms with van der Waals surface area (Å²) in [5.41, 5.74) is 3.55. The van der Waals surface area contributed by atoms with Gasteiger partial charge in [0.1, 0.15) is 5.82 Å². The number of carbonyl (C=O) groups is 1. The highest BCUT2D eigenvalue weighted by Crippen LogP contribution is 2.27. The zero-order chi connectivity index (χ0) is 30.1. The molecule has 10 nitrogen and oxygen atoms in total. The first kappa shape index (κ1) is 30.5. The number of nitro groups is 1. The number of imidazole rings is 1. The Bertz CT molecular complexity index is 1620. The number of hydrogen-bond donors (Lipinski definition) is 3. The maximum absolute atomic E-state index is 12.7. The summed E-state index contributed by atoms with van der Waals surface area (Å²) in [4.78, 5) is 32.5. The van der Waals surface area contributed by atoms with Crippen LogP contribution in [0.4, 0.5) is 11.4 Å². The Kier molecular flexibility index (Phi) is 10.4. The number of H-pyrrole nitrogens is 1. The van der Waals surface area contributed by atoms with E-state index >= 15 is 0 Å². The van der Waals surface area contributed by atoms with Gasteiger partial charge in [-0.2, -0.15) is 5.26 Å². The molecule has 0 saturated carbocycles. The van der Waals surface area contributed by atoms with Crippen LogP contribution in [-0.2, 0) is 24.2 Å². The number of aromatic amines is 1. The van der Waals surface area contributed by atoms with Crippen LogP contribution < -0.4 is 10.6 Å². The van der Waals surface area contributed by atoms with Gasteiger partial charge in [0.2, 0.25) is 5.91 Å². The maximum Gasteiger partial charge on any atom is 0.269 e. The van der Waals surface area contributed by atoms with E-state index in [0.29, 0.717) is 51.6 Å². The van der Waals surface area contributed by atoms with E-state index in [4.69, 9.17) is 40.7 Å². The Hall–Kier alpha value is -4.50. The zero-order valence-corrected chi connectivity index (χ0v) is 24.5. The van der Waals surface area contributed by atoms with Crippen molar-refractivity contribution in [2.24, 2.45) is 0 Å². The Morgan fingerprint density at radius 1 is 1.12 bits per heavy atom. The van der Waals surface area contributed by atoms with Crippen LogP contribution in [0.3, 0.4) is 0 Å². The smallest absolute Gasteiger partial charge is 0.269 e. The highest BCUT2D eigenvalue weighted by Gasteiger charge is 2.16. The van der Waals surface area contributed by atoms with Crippen LogP contribution in [-0.4, -0.2) is 43.9 Å². The molecule has 3 N–H and O–H groups in total. The van der Waals surface area contributed by atoms with Crippen molar-refractivity contribution < 1.29 is 9.72 Å². The molecule has 0 saturated heterocycles. The molecule has 3 aromatic carbocycles. The van der Waals surface area contributed by atoms with Crippen molar-refractivity contribution in [1.82, 2.24) is 20.2 Å². The zero-order valence-electron chi connectivity index (χ0n) is 22.1. The van der Waals surface area contributed by atoms with Gasteiger partial charge in [0, 0.05) is 55.8 Å². The lowest BCUT2D eigenvalue weighted by Crippen LogP contribution is -2.40. The van der Waals surface area contributed by atoms with Crippen molar-refractivity contribution in [3.63, 3.8) is 0 Å². The highest BCUT2D eigenvalue weighted by atomic mass is 35.5. The molecule has 0 atom stereocenters. The third-order valence-electron chi connectivity index (χ3n) is 6.20. The van der Waals surface area contributed by atoms with Crippen molar-refractivity contribution in [2.45, 2.75) is 19.4 Å². The van der Waals surface area contributed by atoms with Gasteiger partial charge in [-0.15, -0.1) is 0 Å². The normalized spacial score (nSPS) is 10.5. The molecule has 0 unspecified atom stereocenters. The SMILES string of the molecule is N#Cc1ccc(Cc2ncc(CC(=O)NCCN(Cc3cccc(Cl)c3Cl)C(=S)Nc3ccc([N+](=O)[O-])cc3)[nH]2)cc1. The van der Waals surface area contributed by atoms with Crippen molar-refractivity contribution in [2.75, 3.05) is 18.4 Å². The van der Waals surface area contributed by atoms with Gasteiger partial charge in [-0.3, -0.25) is 14.9 Å². The Morgan fingerprint density at radius 3 is 2.55 bits per heavy atom. The number of hydrogen-bond acceptors (Lipinski definition) is 6. The highest BCUT2D eigenvalue weighted by molar-refractivity contribution is 7.80. The second kappa shape index (κ2) is 14.4. The van der Waals surface area contributed by atoms with Gasteiger partial charge in [0.25, 0.3) is 5.69 Å². The molecule has 4 aromatic rings. The lowest BCUT2D eigenvalue weighted by molar-refractivity contribution is -0.384. The summed E-state index contributed by atoms with van der Waals surface area (Å²) in [6.45, 7) is 0.943. The molecule has 1 aromatic heterocycles. The summed E-state index contributed by atoms with van der Waals surface area (Å²) in [7, 11) is 0. The van der Waals surface area contributed by atoms with E-state index in [1.165, 1.54) is 12.1 Å². The van der Waals surface area contributed by atoms with E-state index in [0.717, 1.165) is 17.0 Å². The van der Waals surface area contributed by atoms with Gasteiger partial charge in [-0.05, 0) is 53.7 Å². The molecule has 0 aliphatic carbocycles. The standard InChI is InChI=1S/C29H25Cl2N7O3S/c30-25-3-1-2-21(28(25)31)18-37(29(42)36-22-8-10-24(11-9-22)38(40)41)13-12-33-27(39)15-23-17-34-26(35-23)14-19-4-6-20(16-32)7-5-19/h1-11,17H,12-15,18H2,(H,33,39)(H,34,35)(H,36,42). The first-order chi connectivity index (χ1) is 20.2. The number of amides is 1. The second-order valence-corrected chi connectivity index (χ2v) is 10.4. The first-order valence-electron chi connectivity index (χ1n) is 12.7. The molecule has 1 heterocycles. The third-order valence-corrected chi connectivity index (χ3v) is 7.42. The number of nitrogens with zero attached hydrogens (tertiary/aromatic N) is 4. The number of aromatic nitrogens is 2. The number of benzene rings is 3. The molecule has 0 aliphatic heterocycles. The van der Waals surface area contributed by atoms with Gasteiger partial charge in [-0.1, -0.05) is 47.5 Å². The van der Waals surface area contributed by atoms with Crippen LogP contribution >= 0.6 is 35.4 Å². The molecule has 1 amide bonds. The summed E-state index contributed by atoms with van der Waals surface area (Å²) in [5.74, 6) is 0.522. The number of nitro benzene ring substituents is 1. The Labute approximate surface area is 257 Å². The van der Waals surface area contributed by atoms with Gasteiger partial charge < -0.3 is 20.5 Å². The topological polar surface area (TPSA) is 140 Å². The molecular formula is C29H25Cl2N7O3S. The summed E-state index contributed by atoms with van der Waals surface area (Å²) < 4.78 is 0. The van der Waals surface area contributed by atoms with E-state index in [-0.39, 0.29) is 24.6 Å². The van der Waals surface area contributed by atoms with Crippen LogP contribution in [0.15, 0.2) is 72.9 Å². The van der Waals surface area contributed by atoms with Crippen LogP contribution in [0.25, 0.3) is 0 Å². The molecule has 214 valence electrons. The monoisotopic (exact) mass is 621 g/mol. The van der Waals surface area contributed by atoms with E-state index in [2.05, 4.69) is 26.7 Å². The predicted molar refractivity (Wildman–Crippen MR) is 165 cm³/mol. The van der Waals surface area contributed by atoms with Crippen molar-refractivity contribution >= 4 is 57.8 Å². The number of halogens is 2. The Balaban J connectivity index is 1.35. The second-order valence-electron chi connectivity index (χ2n) is 9.24. The molecular weight excluding hydrogens is 597 g/mol. The number of rotatable bonds is 11. The average molecular weight is 623 g/mol. The molecule has 13 heteroatoms. The van der Waals surface area contributed by atoms with Gasteiger partial charge in [-0.25, -0.2) is 4.98 Å². The number of carbonyl (C=O) groups excluding carboxylic acids is 1. The van der Waals surface area contributed by atoms with E-state index in [1.807, 2.05) is 23.1 Å². The number of thiocarbonyl (C=S) groups is 1. The minimum absolute atomic E-state index is 0.0320. The van der Waals surface area contributed by atoms with Crippen LogP contribution in [0.2, 0.25) is 10.0 Å².